The average Bonchev–Trinajstić information content (AvgIpc) is 3.15. The summed E-state index contributed by atoms with van der Waals surface area (Å²) >= 11 is 0. The molecule has 0 fully saturated rings. The summed E-state index contributed by atoms with van der Waals surface area (Å²) in [6.07, 6.45) is 8.53. The van der Waals surface area contributed by atoms with E-state index in [1.807, 2.05) is 24.3 Å². The highest BCUT2D eigenvalue weighted by Gasteiger charge is 2.35. The molecule has 176 valence electrons. The Bertz CT molecular complexity index is 1500. The maximum Gasteiger partial charge on any atom is 0.323 e. The molecule has 36 heavy (non-hydrogen) atoms. The van der Waals surface area contributed by atoms with Crippen molar-refractivity contribution >= 4 is 11.8 Å². The lowest BCUT2D eigenvalue weighted by Gasteiger charge is -2.20. The Morgan fingerprint density at radius 3 is 2.44 bits per heavy atom. The molecule has 2 aliphatic rings. The van der Waals surface area contributed by atoms with Gasteiger partial charge in [0.2, 0.25) is 0 Å². The van der Waals surface area contributed by atoms with E-state index in [0.29, 0.717) is 23.1 Å². The molecule has 0 N–H and O–H groups in total. The van der Waals surface area contributed by atoms with Crippen molar-refractivity contribution in [3.63, 3.8) is 0 Å². The molecule has 0 saturated heterocycles. The summed E-state index contributed by atoms with van der Waals surface area (Å²) in [5.74, 6) is -3.01. The number of fused-ring (bicyclic) bond motifs is 2. The van der Waals surface area contributed by atoms with Crippen molar-refractivity contribution in [1.29, 1.82) is 5.26 Å². The fourth-order valence-corrected chi connectivity index (χ4v) is 4.57. The molecule has 1 unspecified atom stereocenters. The molecule has 0 spiro atoms. The van der Waals surface area contributed by atoms with Crippen molar-refractivity contribution in [2.45, 2.75) is 18.8 Å². The minimum Gasteiger partial charge on any atom is -0.426 e. The van der Waals surface area contributed by atoms with Crippen LogP contribution in [0.15, 0.2) is 96.1 Å². The molecule has 0 aromatic heterocycles. The number of allylic oxidation sites excluding steroid dienone is 5. The minimum atomic E-state index is -0.945. The van der Waals surface area contributed by atoms with E-state index in [-0.39, 0.29) is 23.5 Å². The third kappa shape index (κ3) is 4.27. The molecular formula is C30H19F2NO3. The maximum absolute atomic E-state index is 14.0. The van der Waals surface area contributed by atoms with E-state index in [4.69, 9.17) is 10.00 Å². The smallest absolute Gasteiger partial charge is 0.323 e. The van der Waals surface area contributed by atoms with E-state index in [0.717, 1.165) is 23.3 Å². The predicted octanol–water partition coefficient (Wildman–Crippen LogP) is 6.59. The summed E-state index contributed by atoms with van der Waals surface area (Å²) in [6.45, 7) is 0. The van der Waals surface area contributed by atoms with Crippen LogP contribution in [0.4, 0.5) is 8.78 Å². The number of hydrogen-bond acceptors (Lipinski definition) is 4. The van der Waals surface area contributed by atoms with Gasteiger partial charge in [0.1, 0.15) is 34.9 Å². The molecule has 6 heteroatoms. The molecule has 0 bridgehead atoms. The highest BCUT2D eigenvalue weighted by atomic mass is 19.1. The molecule has 1 atom stereocenters. The number of benzene rings is 3. The number of Topliss-reactive ketones (excluding diaryl/α,β-unsaturated/α-hetero) is 1. The van der Waals surface area contributed by atoms with Gasteiger partial charge in [-0.3, -0.25) is 9.59 Å². The zero-order valence-electron chi connectivity index (χ0n) is 19.0. The minimum absolute atomic E-state index is 0.0498. The Labute approximate surface area is 206 Å². The Hall–Kier alpha value is -4.63. The van der Waals surface area contributed by atoms with E-state index < -0.39 is 29.1 Å². The third-order valence-corrected chi connectivity index (χ3v) is 6.31. The van der Waals surface area contributed by atoms with Crippen LogP contribution in [0, 0.1) is 23.0 Å². The van der Waals surface area contributed by atoms with Gasteiger partial charge in [0.05, 0.1) is 0 Å². The van der Waals surface area contributed by atoms with Crippen LogP contribution >= 0.6 is 0 Å². The molecular weight excluding hydrogens is 460 g/mol. The van der Waals surface area contributed by atoms with Crippen molar-refractivity contribution in [2.75, 3.05) is 0 Å². The fourth-order valence-electron chi connectivity index (χ4n) is 4.57. The van der Waals surface area contributed by atoms with Gasteiger partial charge >= 0.3 is 5.97 Å². The van der Waals surface area contributed by atoms with Crippen LogP contribution in [0.25, 0.3) is 11.1 Å². The first-order valence-corrected chi connectivity index (χ1v) is 11.4. The van der Waals surface area contributed by atoms with Crippen LogP contribution in [0.2, 0.25) is 0 Å². The Morgan fingerprint density at radius 1 is 1.00 bits per heavy atom. The molecule has 0 radical (unpaired) electrons. The highest BCUT2D eigenvalue weighted by Crippen LogP contribution is 2.40. The van der Waals surface area contributed by atoms with Crippen molar-refractivity contribution in [1.82, 2.24) is 0 Å². The molecule has 0 aliphatic heterocycles. The zero-order chi connectivity index (χ0) is 25.2. The quantitative estimate of drug-likeness (QED) is 0.314. The van der Waals surface area contributed by atoms with E-state index in [1.54, 1.807) is 36.4 Å². The van der Waals surface area contributed by atoms with Crippen LogP contribution in [0.5, 0.6) is 5.75 Å². The van der Waals surface area contributed by atoms with Gasteiger partial charge in [0.25, 0.3) is 0 Å². The largest absolute Gasteiger partial charge is 0.426 e. The standard InChI is InChI=1S/C30H19F2NO3/c31-26-14-20(15-27(32)25(26)17-33)18-10-12-21(13-11-18)36-30(35)29-22-7-3-1-2-6-19(22)16-28(34)23-8-4-5-9-24(23)29/h1,3-15,29H,2,16H2. The SMILES string of the molecule is N#Cc1c(F)cc(-c2ccc(OC(=O)C3C4=CC=CCC=C4CC(=O)c4ccccc43)cc2)cc1F. The van der Waals surface area contributed by atoms with Gasteiger partial charge in [-0.2, -0.15) is 5.26 Å². The number of nitriles is 1. The van der Waals surface area contributed by atoms with E-state index in [2.05, 4.69) is 0 Å². The van der Waals surface area contributed by atoms with E-state index >= 15 is 0 Å². The summed E-state index contributed by atoms with van der Waals surface area (Å²) in [5.41, 5.74) is 2.74. The Morgan fingerprint density at radius 2 is 1.72 bits per heavy atom. The lowest BCUT2D eigenvalue weighted by atomic mass is 9.86. The fraction of sp³-hybridized carbons (Fsp3) is 0.100. The van der Waals surface area contributed by atoms with E-state index in [9.17, 15) is 18.4 Å². The van der Waals surface area contributed by atoms with Crippen molar-refractivity contribution in [2.24, 2.45) is 0 Å². The lowest BCUT2D eigenvalue weighted by Crippen LogP contribution is -2.21. The first-order chi connectivity index (χ1) is 17.5. The number of nitrogens with zero attached hydrogens (tertiary/aromatic N) is 1. The van der Waals surface area contributed by atoms with Crippen molar-refractivity contribution < 1.29 is 23.1 Å². The normalized spacial score (nSPS) is 16.5. The summed E-state index contributed by atoms with van der Waals surface area (Å²) < 4.78 is 33.8. The zero-order valence-corrected chi connectivity index (χ0v) is 19.0. The van der Waals surface area contributed by atoms with Gasteiger partial charge in [0.15, 0.2) is 5.78 Å². The second-order valence-electron chi connectivity index (χ2n) is 8.51. The summed E-state index contributed by atoms with van der Waals surface area (Å²) in [6, 6.07) is 17.0. The first-order valence-electron chi connectivity index (χ1n) is 11.4. The number of halogens is 2. The molecule has 0 heterocycles. The molecule has 2 aliphatic carbocycles. The van der Waals surface area contributed by atoms with Crippen LogP contribution < -0.4 is 4.74 Å². The van der Waals surface area contributed by atoms with Gasteiger partial charge in [-0.15, -0.1) is 0 Å². The summed E-state index contributed by atoms with van der Waals surface area (Å²) in [5, 5.41) is 8.86. The first kappa shape index (κ1) is 23.1. The van der Waals surface area contributed by atoms with Gasteiger partial charge in [-0.1, -0.05) is 60.7 Å². The second-order valence-corrected chi connectivity index (χ2v) is 8.51. The second kappa shape index (κ2) is 9.55. The average molecular weight is 479 g/mol. The Kier molecular flexibility index (Phi) is 6.14. The molecule has 4 nitrogen and oxygen atoms in total. The number of rotatable bonds is 3. The highest BCUT2D eigenvalue weighted by molar-refractivity contribution is 6.03. The molecule has 0 saturated carbocycles. The summed E-state index contributed by atoms with van der Waals surface area (Å²) in [7, 11) is 0. The maximum atomic E-state index is 14.0. The number of carbonyl (C=O) groups excluding carboxylic acids is 2. The van der Waals surface area contributed by atoms with Crippen LogP contribution in [0.1, 0.15) is 40.2 Å². The Balaban J connectivity index is 1.47. The predicted molar refractivity (Wildman–Crippen MR) is 130 cm³/mol. The molecule has 3 aromatic carbocycles. The van der Waals surface area contributed by atoms with Gasteiger partial charge < -0.3 is 4.74 Å². The van der Waals surface area contributed by atoms with Gasteiger partial charge in [0, 0.05) is 12.0 Å². The third-order valence-electron chi connectivity index (χ3n) is 6.31. The number of ketones is 1. The van der Waals surface area contributed by atoms with Crippen LogP contribution in [0.3, 0.4) is 0 Å². The topological polar surface area (TPSA) is 67.2 Å². The van der Waals surface area contributed by atoms with Gasteiger partial charge in [-0.05, 0) is 58.5 Å². The summed E-state index contributed by atoms with van der Waals surface area (Å²) in [4.78, 5) is 26.5. The molecule has 0 amide bonds. The lowest BCUT2D eigenvalue weighted by molar-refractivity contribution is -0.135. The van der Waals surface area contributed by atoms with Crippen molar-refractivity contribution in [3.8, 4) is 22.9 Å². The number of ether oxygens (including phenoxy) is 1. The van der Waals surface area contributed by atoms with Crippen molar-refractivity contribution in [3.05, 3.63) is 124 Å². The van der Waals surface area contributed by atoms with Crippen LogP contribution in [-0.4, -0.2) is 11.8 Å². The van der Waals surface area contributed by atoms with E-state index in [1.165, 1.54) is 18.2 Å². The molecule has 3 aromatic rings. The monoisotopic (exact) mass is 479 g/mol. The number of esters is 1. The molecule has 5 rings (SSSR count). The van der Waals surface area contributed by atoms with Crippen LogP contribution in [-0.2, 0) is 4.79 Å². The number of carbonyl (C=O) groups is 2. The number of hydrogen-bond donors (Lipinski definition) is 0. The van der Waals surface area contributed by atoms with Gasteiger partial charge in [-0.25, -0.2) is 8.78 Å².